The number of nitrogens with zero attached hydrogens (tertiary/aromatic N) is 2. The molecule has 2 rings (SSSR count). The SMILES string of the molecule is Cc1ccccc1CN(C(=O)CN(c1cccc(Cl)c1)S(C)(=O)=O)[C@H](C)C(=O)NC(C)(C)C. The fourth-order valence-corrected chi connectivity index (χ4v) is 4.30. The summed E-state index contributed by atoms with van der Waals surface area (Å²) in [7, 11) is -3.79. The van der Waals surface area contributed by atoms with E-state index in [4.69, 9.17) is 11.6 Å². The average Bonchev–Trinajstić information content (AvgIpc) is 2.68. The number of benzene rings is 2. The lowest BCUT2D eigenvalue weighted by Crippen LogP contribution is -2.54. The molecule has 0 aliphatic heterocycles. The number of carbonyl (C=O) groups excluding carboxylic acids is 2. The van der Waals surface area contributed by atoms with E-state index in [1.165, 1.54) is 11.0 Å². The first-order valence-electron chi connectivity index (χ1n) is 10.6. The Hall–Kier alpha value is -2.58. The monoisotopic (exact) mass is 493 g/mol. The summed E-state index contributed by atoms with van der Waals surface area (Å²) < 4.78 is 26.1. The number of carbonyl (C=O) groups is 2. The fraction of sp³-hybridized carbons (Fsp3) is 0.417. The largest absolute Gasteiger partial charge is 0.350 e. The van der Waals surface area contributed by atoms with Crippen LogP contribution in [-0.2, 0) is 26.2 Å². The maximum absolute atomic E-state index is 13.5. The normalized spacial score (nSPS) is 12.7. The predicted molar refractivity (Wildman–Crippen MR) is 133 cm³/mol. The van der Waals surface area contributed by atoms with Crippen molar-refractivity contribution in [1.82, 2.24) is 10.2 Å². The number of aryl methyl sites for hydroxylation is 1. The van der Waals surface area contributed by atoms with Gasteiger partial charge in [-0.2, -0.15) is 0 Å². The molecule has 0 saturated carbocycles. The van der Waals surface area contributed by atoms with Crippen molar-refractivity contribution in [3.05, 3.63) is 64.7 Å². The number of anilines is 1. The smallest absolute Gasteiger partial charge is 0.244 e. The number of nitrogens with one attached hydrogen (secondary N) is 1. The van der Waals surface area contributed by atoms with Gasteiger partial charge < -0.3 is 10.2 Å². The molecule has 2 amide bonds. The van der Waals surface area contributed by atoms with Crippen molar-refractivity contribution in [2.75, 3.05) is 17.1 Å². The fourth-order valence-electron chi connectivity index (χ4n) is 3.27. The summed E-state index contributed by atoms with van der Waals surface area (Å²) in [6.45, 7) is 8.84. The van der Waals surface area contributed by atoms with Gasteiger partial charge in [0.05, 0.1) is 11.9 Å². The Balaban J connectivity index is 2.42. The number of sulfonamides is 1. The van der Waals surface area contributed by atoms with Crippen LogP contribution in [0.3, 0.4) is 0 Å². The molecule has 0 heterocycles. The molecule has 0 bridgehead atoms. The molecule has 2 aromatic carbocycles. The molecule has 0 saturated heterocycles. The minimum absolute atomic E-state index is 0.164. The Bertz CT molecular complexity index is 1110. The van der Waals surface area contributed by atoms with Crippen molar-refractivity contribution >= 4 is 39.1 Å². The van der Waals surface area contributed by atoms with Gasteiger partial charge in [-0.05, 0) is 63.9 Å². The molecule has 0 aromatic heterocycles. The van der Waals surface area contributed by atoms with Crippen LogP contribution in [0.25, 0.3) is 0 Å². The minimum Gasteiger partial charge on any atom is -0.350 e. The van der Waals surface area contributed by atoms with Crippen LogP contribution in [0.4, 0.5) is 5.69 Å². The van der Waals surface area contributed by atoms with E-state index in [1.54, 1.807) is 25.1 Å². The van der Waals surface area contributed by atoms with Crippen LogP contribution in [0, 0.1) is 6.92 Å². The molecule has 0 fully saturated rings. The van der Waals surface area contributed by atoms with Crippen molar-refractivity contribution in [3.63, 3.8) is 0 Å². The van der Waals surface area contributed by atoms with Crippen LogP contribution in [0.1, 0.15) is 38.8 Å². The molecule has 0 unspecified atom stereocenters. The van der Waals surface area contributed by atoms with Gasteiger partial charge in [-0.25, -0.2) is 8.42 Å². The topological polar surface area (TPSA) is 86.8 Å². The molecule has 9 heteroatoms. The third-order valence-electron chi connectivity index (χ3n) is 5.04. The molecule has 1 atom stereocenters. The third kappa shape index (κ3) is 7.75. The lowest BCUT2D eigenvalue weighted by molar-refractivity contribution is -0.140. The van der Waals surface area contributed by atoms with E-state index in [9.17, 15) is 18.0 Å². The molecule has 0 aliphatic rings. The van der Waals surface area contributed by atoms with Crippen LogP contribution >= 0.6 is 11.6 Å². The maximum atomic E-state index is 13.5. The molecule has 0 radical (unpaired) electrons. The van der Waals surface area contributed by atoms with E-state index in [-0.39, 0.29) is 18.1 Å². The number of hydrogen-bond acceptors (Lipinski definition) is 4. The van der Waals surface area contributed by atoms with Gasteiger partial charge >= 0.3 is 0 Å². The lowest BCUT2D eigenvalue weighted by atomic mass is 10.1. The van der Waals surface area contributed by atoms with Gasteiger partial charge in [0.15, 0.2) is 0 Å². The second-order valence-corrected chi connectivity index (χ2v) is 11.5. The second-order valence-electron chi connectivity index (χ2n) is 9.11. The first-order chi connectivity index (χ1) is 15.2. The van der Waals surface area contributed by atoms with Gasteiger partial charge in [0, 0.05) is 17.1 Å². The summed E-state index contributed by atoms with van der Waals surface area (Å²) in [6.07, 6.45) is 1.03. The van der Waals surface area contributed by atoms with E-state index < -0.39 is 34.1 Å². The third-order valence-corrected chi connectivity index (χ3v) is 6.42. The van der Waals surface area contributed by atoms with E-state index in [1.807, 2.05) is 52.0 Å². The van der Waals surface area contributed by atoms with Gasteiger partial charge in [0.25, 0.3) is 0 Å². The Labute approximate surface area is 201 Å². The van der Waals surface area contributed by atoms with E-state index in [0.29, 0.717) is 5.02 Å². The van der Waals surface area contributed by atoms with Gasteiger partial charge in [-0.1, -0.05) is 41.9 Å². The van der Waals surface area contributed by atoms with Crippen LogP contribution < -0.4 is 9.62 Å². The average molecular weight is 494 g/mol. The molecule has 180 valence electrons. The Morgan fingerprint density at radius 2 is 1.73 bits per heavy atom. The van der Waals surface area contributed by atoms with Crippen molar-refractivity contribution in [2.24, 2.45) is 0 Å². The zero-order valence-electron chi connectivity index (χ0n) is 19.9. The van der Waals surface area contributed by atoms with Crippen LogP contribution in [0.2, 0.25) is 5.02 Å². The molecule has 7 nitrogen and oxygen atoms in total. The number of rotatable bonds is 8. The molecular formula is C24H32ClN3O4S. The summed E-state index contributed by atoms with van der Waals surface area (Å²) in [5.74, 6) is -0.821. The first-order valence-corrected chi connectivity index (χ1v) is 12.8. The van der Waals surface area contributed by atoms with Crippen molar-refractivity contribution in [3.8, 4) is 0 Å². The highest BCUT2D eigenvalue weighted by Crippen LogP contribution is 2.23. The summed E-state index contributed by atoms with van der Waals surface area (Å²) in [5, 5.41) is 3.25. The maximum Gasteiger partial charge on any atom is 0.244 e. The molecule has 0 spiro atoms. The first kappa shape index (κ1) is 26.7. The number of amides is 2. The van der Waals surface area contributed by atoms with E-state index in [2.05, 4.69) is 5.32 Å². The summed E-state index contributed by atoms with van der Waals surface area (Å²) in [4.78, 5) is 27.8. The second kappa shape index (κ2) is 10.6. The summed E-state index contributed by atoms with van der Waals surface area (Å²) >= 11 is 6.05. The Morgan fingerprint density at radius 1 is 1.09 bits per heavy atom. The van der Waals surface area contributed by atoms with Crippen LogP contribution in [0.5, 0.6) is 0 Å². The molecule has 0 aliphatic carbocycles. The highest BCUT2D eigenvalue weighted by atomic mass is 35.5. The summed E-state index contributed by atoms with van der Waals surface area (Å²) in [5.41, 5.74) is 1.63. The van der Waals surface area contributed by atoms with Crippen LogP contribution in [-0.4, -0.2) is 49.5 Å². The van der Waals surface area contributed by atoms with Gasteiger partial charge in [-0.3, -0.25) is 13.9 Å². The zero-order chi connectivity index (χ0) is 25.0. The molecule has 1 N–H and O–H groups in total. The van der Waals surface area contributed by atoms with Gasteiger partial charge in [0.1, 0.15) is 12.6 Å². The van der Waals surface area contributed by atoms with E-state index in [0.717, 1.165) is 21.7 Å². The van der Waals surface area contributed by atoms with Crippen molar-refractivity contribution in [2.45, 2.75) is 52.7 Å². The van der Waals surface area contributed by atoms with Gasteiger partial charge in [0.2, 0.25) is 21.8 Å². The number of hydrogen-bond donors (Lipinski definition) is 1. The van der Waals surface area contributed by atoms with Crippen LogP contribution in [0.15, 0.2) is 48.5 Å². The molecule has 2 aromatic rings. The minimum atomic E-state index is -3.79. The Morgan fingerprint density at radius 3 is 2.27 bits per heavy atom. The predicted octanol–water partition coefficient (Wildman–Crippen LogP) is 3.75. The summed E-state index contributed by atoms with van der Waals surface area (Å²) in [6, 6.07) is 13.0. The zero-order valence-corrected chi connectivity index (χ0v) is 21.5. The lowest BCUT2D eigenvalue weighted by Gasteiger charge is -2.33. The van der Waals surface area contributed by atoms with E-state index >= 15 is 0 Å². The highest BCUT2D eigenvalue weighted by molar-refractivity contribution is 7.92. The standard InChI is InChI=1S/C24H32ClN3O4S/c1-17-10-7-8-11-19(17)15-27(18(2)23(30)26-24(3,4)5)22(29)16-28(33(6,31)32)21-13-9-12-20(25)14-21/h7-14,18H,15-16H2,1-6H3,(H,26,30)/t18-/m1/s1. The molecule has 33 heavy (non-hydrogen) atoms. The molecular weight excluding hydrogens is 462 g/mol. The number of halogens is 1. The highest BCUT2D eigenvalue weighted by Gasteiger charge is 2.31. The van der Waals surface area contributed by atoms with Crippen molar-refractivity contribution in [1.29, 1.82) is 0 Å². The quantitative estimate of drug-likeness (QED) is 0.606. The van der Waals surface area contributed by atoms with Crippen molar-refractivity contribution < 1.29 is 18.0 Å². The van der Waals surface area contributed by atoms with Gasteiger partial charge in [-0.15, -0.1) is 0 Å². The Kier molecular flexibility index (Phi) is 8.54.